The maximum atomic E-state index is 3.87. The Labute approximate surface area is 87.8 Å². The molecule has 82 valence electrons. The first-order chi connectivity index (χ1) is 6.86. The van der Waals surface area contributed by atoms with Crippen molar-refractivity contribution in [2.45, 2.75) is 57.5 Å². The highest BCUT2D eigenvalue weighted by Gasteiger charge is 2.25. The Bertz CT molecular complexity index is 162. The van der Waals surface area contributed by atoms with Gasteiger partial charge in [0.2, 0.25) is 0 Å². The number of rotatable bonds is 2. The van der Waals surface area contributed by atoms with Crippen LogP contribution in [0.4, 0.5) is 0 Å². The van der Waals surface area contributed by atoms with Crippen LogP contribution in [0.5, 0.6) is 0 Å². The van der Waals surface area contributed by atoms with Crippen LogP contribution in [0.1, 0.15) is 45.4 Å². The van der Waals surface area contributed by atoms with Gasteiger partial charge < -0.3 is 10.6 Å². The Morgan fingerprint density at radius 3 is 2.71 bits per heavy atom. The van der Waals surface area contributed by atoms with Crippen LogP contribution >= 0.6 is 0 Å². The van der Waals surface area contributed by atoms with Crippen molar-refractivity contribution in [2.24, 2.45) is 5.92 Å². The van der Waals surface area contributed by atoms with Gasteiger partial charge in [0.1, 0.15) is 0 Å². The summed E-state index contributed by atoms with van der Waals surface area (Å²) in [5.74, 6) is 0.909. The van der Waals surface area contributed by atoms with Gasteiger partial charge in [0.15, 0.2) is 0 Å². The fourth-order valence-electron chi connectivity index (χ4n) is 2.88. The SMILES string of the molecule is CC1CCCC1NC1CCCNCC1. The molecule has 1 saturated heterocycles. The lowest BCUT2D eigenvalue weighted by molar-refractivity contribution is 0.353. The van der Waals surface area contributed by atoms with Gasteiger partial charge in [-0.1, -0.05) is 13.3 Å². The van der Waals surface area contributed by atoms with Gasteiger partial charge in [0, 0.05) is 12.1 Å². The Morgan fingerprint density at radius 2 is 1.93 bits per heavy atom. The van der Waals surface area contributed by atoms with Gasteiger partial charge >= 0.3 is 0 Å². The minimum Gasteiger partial charge on any atom is -0.317 e. The molecule has 2 nitrogen and oxygen atoms in total. The number of nitrogens with one attached hydrogen (secondary N) is 2. The van der Waals surface area contributed by atoms with Crippen molar-refractivity contribution in [1.29, 1.82) is 0 Å². The molecule has 2 aliphatic rings. The maximum Gasteiger partial charge on any atom is 0.00952 e. The highest BCUT2D eigenvalue weighted by molar-refractivity contribution is 4.84. The summed E-state index contributed by atoms with van der Waals surface area (Å²) in [6.45, 7) is 4.83. The molecular formula is C12H24N2. The average molecular weight is 196 g/mol. The molecule has 1 saturated carbocycles. The Balaban J connectivity index is 1.77. The summed E-state index contributed by atoms with van der Waals surface area (Å²) in [6, 6.07) is 1.61. The molecule has 0 aromatic carbocycles. The predicted molar refractivity (Wildman–Crippen MR) is 60.4 cm³/mol. The first-order valence-corrected chi connectivity index (χ1v) is 6.33. The number of hydrogen-bond donors (Lipinski definition) is 2. The summed E-state index contributed by atoms with van der Waals surface area (Å²) < 4.78 is 0. The third-order valence-corrected chi connectivity index (χ3v) is 3.89. The van der Waals surface area contributed by atoms with Crippen LogP contribution in [-0.2, 0) is 0 Å². The van der Waals surface area contributed by atoms with E-state index < -0.39 is 0 Å². The van der Waals surface area contributed by atoms with Gasteiger partial charge in [-0.05, 0) is 51.1 Å². The van der Waals surface area contributed by atoms with Crippen molar-refractivity contribution in [3.63, 3.8) is 0 Å². The highest BCUT2D eigenvalue weighted by Crippen LogP contribution is 2.25. The van der Waals surface area contributed by atoms with E-state index in [0.29, 0.717) is 0 Å². The van der Waals surface area contributed by atoms with Crippen LogP contribution in [-0.4, -0.2) is 25.2 Å². The van der Waals surface area contributed by atoms with Crippen molar-refractivity contribution in [2.75, 3.05) is 13.1 Å². The van der Waals surface area contributed by atoms with Gasteiger partial charge in [-0.3, -0.25) is 0 Å². The molecular weight excluding hydrogens is 172 g/mol. The van der Waals surface area contributed by atoms with E-state index in [1.54, 1.807) is 0 Å². The molecule has 2 fully saturated rings. The molecule has 3 atom stereocenters. The average Bonchev–Trinajstić information content (AvgIpc) is 2.44. The monoisotopic (exact) mass is 196 g/mol. The van der Waals surface area contributed by atoms with Crippen LogP contribution < -0.4 is 10.6 Å². The second-order valence-corrected chi connectivity index (χ2v) is 5.06. The first-order valence-electron chi connectivity index (χ1n) is 6.33. The second-order valence-electron chi connectivity index (χ2n) is 5.06. The molecule has 2 heteroatoms. The van der Waals surface area contributed by atoms with E-state index in [1.807, 2.05) is 0 Å². The zero-order chi connectivity index (χ0) is 9.80. The van der Waals surface area contributed by atoms with Crippen LogP contribution in [0.3, 0.4) is 0 Å². The van der Waals surface area contributed by atoms with Crippen molar-refractivity contribution >= 4 is 0 Å². The van der Waals surface area contributed by atoms with Crippen LogP contribution in [0.2, 0.25) is 0 Å². The molecule has 2 N–H and O–H groups in total. The minimum absolute atomic E-state index is 0.788. The molecule has 14 heavy (non-hydrogen) atoms. The fraction of sp³-hybridized carbons (Fsp3) is 1.00. The van der Waals surface area contributed by atoms with E-state index in [2.05, 4.69) is 17.6 Å². The van der Waals surface area contributed by atoms with E-state index >= 15 is 0 Å². The summed E-state index contributed by atoms with van der Waals surface area (Å²) in [7, 11) is 0. The topological polar surface area (TPSA) is 24.1 Å². The van der Waals surface area contributed by atoms with E-state index in [9.17, 15) is 0 Å². The summed E-state index contributed by atoms with van der Waals surface area (Å²) in [6.07, 6.45) is 8.32. The van der Waals surface area contributed by atoms with E-state index in [4.69, 9.17) is 0 Å². The molecule has 2 rings (SSSR count). The highest BCUT2D eigenvalue weighted by atomic mass is 15.0. The van der Waals surface area contributed by atoms with Crippen molar-refractivity contribution < 1.29 is 0 Å². The summed E-state index contributed by atoms with van der Waals surface area (Å²) in [5.41, 5.74) is 0. The lowest BCUT2D eigenvalue weighted by Crippen LogP contribution is -2.40. The smallest absolute Gasteiger partial charge is 0.00952 e. The van der Waals surface area contributed by atoms with E-state index in [-0.39, 0.29) is 0 Å². The molecule has 3 unspecified atom stereocenters. The first kappa shape index (κ1) is 10.4. The molecule has 0 spiro atoms. The van der Waals surface area contributed by atoms with Gasteiger partial charge in [-0.25, -0.2) is 0 Å². The Morgan fingerprint density at radius 1 is 1.00 bits per heavy atom. The zero-order valence-electron chi connectivity index (χ0n) is 9.39. The molecule has 0 bridgehead atoms. The Kier molecular flexibility index (Phi) is 3.82. The second kappa shape index (κ2) is 5.13. The van der Waals surface area contributed by atoms with Gasteiger partial charge in [-0.15, -0.1) is 0 Å². The molecule has 1 aliphatic heterocycles. The lowest BCUT2D eigenvalue weighted by Gasteiger charge is -2.24. The van der Waals surface area contributed by atoms with E-state index in [1.165, 1.54) is 51.6 Å². The third kappa shape index (κ3) is 2.71. The number of hydrogen-bond acceptors (Lipinski definition) is 2. The van der Waals surface area contributed by atoms with Crippen LogP contribution in [0.15, 0.2) is 0 Å². The lowest BCUT2D eigenvalue weighted by atomic mass is 10.0. The summed E-state index contributed by atoms with van der Waals surface area (Å²) in [4.78, 5) is 0. The summed E-state index contributed by atoms with van der Waals surface area (Å²) >= 11 is 0. The zero-order valence-corrected chi connectivity index (χ0v) is 9.39. The van der Waals surface area contributed by atoms with Gasteiger partial charge in [-0.2, -0.15) is 0 Å². The van der Waals surface area contributed by atoms with Crippen LogP contribution in [0.25, 0.3) is 0 Å². The summed E-state index contributed by atoms with van der Waals surface area (Å²) in [5, 5.41) is 7.34. The van der Waals surface area contributed by atoms with E-state index in [0.717, 1.165) is 18.0 Å². The van der Waals surface area contributed by atoms with Crippen molar-refractivity contribution in [3.05, 3.63) is 0 Å². The normalized spacial score (nSPS) is 39.6. The maximum absolute atomic E-state index is 3.87. The minimum atomic E-state index is 0.788. The van der Waals surface area contributed by atoms with Gasteiger partial charge in [0.25, 0.3) is 0 Å². The predicted octanol–water partition coefficient (Wildman–Crippen LogP) is 1.91. The Hall–Kier alpha value is -0.0800. The molecule has 1 heterocycles. The fourth-order valence-corrected chi connectivity index (χ4v) is 2.88. The molecule has 0 aromatic rings. The quantitative estimate of drug-likeness (QED) is 0.705. The van der Waals surface area contributed by atoms with Crippen molar-refractivity contribution in [1.82, 2.24) is 10.6 Å². The van der Waals surface area contributed by atoms with Crippen LogP contribution in [0, 0.1) is 5.92 Å². The standard InChI is InChI=1S/C12H24N2/c1-10-4-2-6-12(10)14-11-5-3-8-13-9-7-11/h10-14H,2-9H2,1H3. The molecule has 1 aliphatic carbocycles. The molecule has 0 radical (unpaired) electrons. The third-order valence-electron chi connectivity index (χ3n) is 3.89. The van der Waals surface area contributed by atoms with Gasteiger partial charge in [0.05, 0.1) is 0 Å². The molecule has 0 aromatic heterocycles. The molecule has 0 amide bonds. The largest absolute Gasteiger partial charge is 0.317 e. The van der Waals surface area contributed by atoms with Crippen molar-refractivity contribution in [3.8, 4) is 0 Å².